The maximum Gasteiger partial charge on any atom is 0.233 e. The highest BCUT2D eigenvalue weighted by molar-refractivity contribution is 7.99. The Bertz CT molecular complexity index is 931. The lowest BCUT2D eigenvalue weighted by atomic mass is 10.3. The van der Waals surface area contributed by atoms with Crippen LogP contribution in [-0.2, 0) is 11.3 Å². The summed E-state index contributed by atoms with van der Waals surface area (Å²) in [7, 11) is 1.79. The van der Waals surface area contributed by atoms with Crippen molar-refractivity contribution in [3.8, 4) is 5.69 Å². The summed E-state index contributed by atoms with van der Waals surface area (Å²) < 4.78 is 7.64. The van der Waals surface area contributed by atoms with Gasteiger partial charge >= 0.3 is 0 Å². The first-order valence-electron chi connectivity index (χ1n) is 9.04. The van der Waals surface area contributed by atoms with Crippen molar-refractivity contribution >= 4 is 17.7 Å². The quantitative estimate of drug-likeness (QED) is 0.582. The molecule has 140 valence electrons. The van der Waals surface area contributed by atoms with Crippen LogP contribution < -0.4 is 0 Å². The fourth-order valence-corrected chi connectivity index (χ4v) is 3.83. The number of carbonyl (C=O) groups is 1. The second-order valence-electron chi connectivity index (χ2n) is 6.84. The van der Waals surface area contributed by atoms with Gasteiger partial charge < -0.3 is 9.32 Å². The molecule has 0 atom stereocenters. The Balaban J connectivity index is 1.46. The Labute approximate surface area is 162 Å². The number of hydrogen-bond acceptors (Lipinski definition) is 5. The Morgan fingerprint density at radius 3 is 2.67 bits per heavy atom. The second kappa shape index (κ2) is 7.60. The Kier molecular flexibility index (Phi) is 5.03. The van der Waals surface area contributed by atoms with E-state index in [1.54, 1.807) is 11.9 Å². The normalized spacial score (nSPS) is 13.7. The van der Waals surface area contributed by atoms with E-state index in [-0.39, 0.29) is 5.91 Å². The minimum atomic E-state index is 0.0321. The monoisotopic (exact) mass is 382 g/mol. The highest BCUT2D eigenvalue weighted by atomic mass is 32.2. The molecule has 1 aliphatic rings. The van der Waals surface area contributed by atoms with E-state index in [0.29, 0.717) is 18.2 Å². The van der Waals surface area contributed by atoms with Gasteiger partial charge in [0.15, 0.2) is 5.16 Å². The molecule has 7 heteroatoms. The van der Waals surface area contributed by atoms with Crippen LogP contribution >= 0.6 is 11.8 Å². The molecule has 2 heterocycles. The average Bonchev–Trinajstić information content (AvgIpc) is 3.31. The third kappa shape index (κ3) is 4.08. The van der Waals surface area contributed by atoms with Crippen molar-refractivity contribution in [3.05, 3.63) is 59.8 Å². The van der Waals surface area contributed by atoms with E-state index in [0.717, 1.165) is 41.0 Å². The molecule has 0 bridgehead atoms. The van der Waals surface area contributed by atoms with E-state index < -0.39 is 0 Å². The fourth-order valence-electron chi connectivity index (χ4n) is 2.93. The van der Waals surface area contributed by atoms with Gasteiger partial charge in [0.25, 0.3) is 0 Å². The van der Waals surface area contributed by atoms with Crippen LogP contribution in [-0.4, -0.2) is 38.4 Å². The topological polar surface area (TPSA) is 64.2 Å². The van der Waals surface area contributed by atoms with Crippen LogP contribution in [0.1, 0.15) is 36.1 Å². The zero-order valence-electron chi connectivity index (χ0n) is 15.5. The van der Waals surface area contributed by atoms with Crippen molar-refractivity contribution in [2.75, 3.05) is 12.8 Å². The molecule has 1 saturated carbocycles. The van der Waals surface area contributed by atoms with E-state index in [2.05, 4.69) is 14.8 Å². The maximum atomic E-state index is 12.5. The van der Waals surface area contributed by atoms with E-state index >= 15 is 0 Å². The van der Waals surface area contributed by atoms with E-state index in [4.69, 9.17) is 4.42 Å². The number of rotatable bonds is 7. The highest BCUT2D eigenvalue weighted by Gasteiger charge is 2.31. The van der Waals surface area contributed by atoms with Crippen LogP contribution in [0.3, 0.4) is 0 Å². The summed E-state index contributed by atoms with van der Waals surface area (Å²) in [6, 6.07) is 13.9. The predicted octanol–water partition coefficient (Wildman–Crippen LogP) is 3.80. The van der Waals surface area contributed by atoms with Crippen LogP contribution in [0.15, 0.2) is 52.0 Å². The molecule has 0 unspecified atom stereocenters. The van der Waals surface area contributed by atoms with Crippen molar-refractivity contribution in [3.63, 3.8) is 0 Å². The first kappa shape index (κ1) is 17.9. The van der Waals surface area contributed by atoms with Gasteiger partial charge in [0.05, 0.1) is 12.3 Å². The minimum Gasteiger partial charge on any atom is -0.464 e. The Hall–Kier alpha value is -2.54. The first-order valence-corrected chi connectivity index (χ1v) is 10.0. The average molecular weight is 382 g/mol. The van der Waals surface area contributed by atoms with Crippen molar-refractivity contribution in [1.29, 1.82) is 0 Å². The summed E-state index contributed by atoms with van der Waals surface area (Å²) in [5, 5.41) is 9.52. The van der Waals surface area contributed by atoms with Gasteiger partial charge in [-0.15, -0.1) is 10.2 Å². The van der Waals surface area contributed by atoms with E-state index in [9.17, 15) is 4.79 Å². The Morgan fingerprint density at radius 2 is 2.00 bits per heavy atom. The molecule has 1 fully saturated rings. The number of aryl methyl sites for hydroxylation is 1. The number of thioether (sulfide) groups is 1. The minimum absolute atomic E-state index is 0.0321. The maximum absolute atomic E-state index is 12.5. The number of carbonyl (C=O) groups excluding carboxylic acids is 1. The van der Waals surface area contributed by atoms with Crippen molar-refractivity contribution in [2.24, 2.45) is 0 Å². The van der Waals surface area contributed by atoms with E-state index in [1.165, 1.54) is 11.8 Å². The zero-order chi connectivity index (χ0) is 18.8. The molecule has 4 rings (SSSR count). The number of furan rings is 1. The molecule has 1 aliphatic carbocycles. The molecule has 0 saturated heterocycles. The molecular weight excluding hydrogens is 360 g/mol. The zero-order valence-corrected chi connectivity index (χ0v) is 16.3. The standard InChI is InChI=1S/C20H22N4O2S/c1-14-8-11-17(26-14)12-23(2)18(25)13-27-20-22-21-19(15-9-10-15)24(20)16-6-4-3-5-7-16/h3-8,11,15H,9-10,12-13H2,1-2H3. The van der Waals surface area contributed by atoms with Crippen LogP contribution in [0.25, 0.3) is 5.69 Å². The van der Waals surface area contributed by atoms with Crippen molar-refractivity contribution in [1.82, 2.24) is 19.7 Å². The summed E-state index contributed by atoms with van der Waals surface area (Å²) in [5.74, 6) is 3.46. The van der Waals surface area contributed by atoms with Gasteiger partial charge in [0.1, 0.15) is 17.3 Å². The van der Waals surface area contributed by atoms with E-state index in [1.807, 2.05) is 49.4 Å². The summed E-state index contributed by atoms with van der Waals surface area (Å²) in [6.07, 6.45) is 2.31. The van der Waals surface area contributed by atoms with Gasteiger partial charge in [-0.25, -0.2) is 0 Å². The molecule has 2 aromatic heterocycles. The highest BCUT2D eigenvalue weighted by Crippen LogP contribution is 2.41. The van der Waals surface area contributed by atoms with Gasteiger partial charge in [-0.2, -0.15) is 0 Å². The summed E-state index contributed by atoms with van der Waals surface area (Å²) in [6.45, 7) is 2.36. The van der Waals surface area contributed by atoms with Gasteiger partial charge in [-0.1, -0.05) is 30.0 Å². The lowest BCUT2D eigenvalue weighted by molar-refractivity contribution is -0.127. The number of benzene rings is 1. The van der Waals surface area contributed by atoms with Gasteiger partial charge in [-0.05, 0) is 44.0 Å². The summed E-state index contributed by atoms with van der Waals surface area (Å²) in [4.78, 5) is 14.2. The van der Waals surface area contributed by atoms with Crippen LogP contribution in [0.2, 0.25) is 0 Å². The molecule has 6 nitrogen and oxygen atoms in total. The Morgan fingerprint density at radius 1 is 1.22 bits per heavy atom. The molecule has 0 radical (unpaired) electrons. The predicted molar refractivity (Wildman–Crippen MR) is 104 cm³/mol. The van der Waals surface area contributed by atoms with Crippen LogP contribution in [0.5, 0.6) is 0 Å². The molecule has 27 heavy (non-hydrogen) atoms. The van der Waals surface area contributed by atoms with Crippen LogP contribution in [0, 0.1) is 6.92 Å². The molecule has 3 aromatic rings. The molecular formula is C20H22N4O2S. The summed E-state index contributed by atoms with van der Waals surface area (Å²) >= 11 is 1.43. The third-order valence-corrected chi connectivity index (χ3v) is 5.47. The van der Waals surface area contributed by atoms with Crippen molar-refractivity contribution < 1.29 is 9.21 Å². The molecule has 1 aromatic carbocycles. The van der Waals surface area contributed by atoms with Crippen LogP contribution in [0.4, 0.5) is 0 Å². The summed E-state index contributed by atoms with van der Waals surface area (Å²) in [5.41, 5.74) is 1.04. The number of aromatic nitrogens is 3. The lowest BCUT2D eigenvalue weighted by Gasteiger charge is -2.15. The lowest BCUT2D eigenvalue weighted by Crippen LogP contribution is -2.27. The van der Waals surface area contributed by atoms with Gasteiger partial charge in [0.2, 0.25) is 5.91 Å². The number of nitrogens with zero attached hydrogens (tertiary/aromatic N) is 4. The van der Waals surface area contributed by atoms with Crippen molar-refractivity contribution in [2.45, 2.75) is 37.4 Å². The number of amides is 1. The molecule has 0 spiro atoms. The first-order chi connectivity index (χ1) is 13.1. The number of hydrogen-bond donors (Lipinski definition) is 0. The smallest absolute Gasteiger partial charge is 0.233 e. The van der Waals surface area contributed by atoms with Gasteiger partial charge in [0, 0.05) is 18.7 Å². The second-order valence-corrected chi connectivity index (χ2v) is 7.78. The van der Waals surface area contributed by atoms with Gasteiger partial charge in [-0.3, -0.25) is 9.36 Å². The number of para-hydroxylation sites is 1. The molecule has 0 N–H and O–H groups in total. The third-order valence-electron chi connectivity index (χ3n) is 4.55. The molecule has 1 amide bonds. The molecule has 0 aliphatic heterocycles. The largest absolute Gasteiger partial charge is 0.464 e. The SMILES string of the molecule is Cc1ccc(CN(C)C(=O)CSc2nnc(C3CC3)n2-c2ccccc2)o1. The fraction of sp³-hybridized carbons (Fsp3) is 0.350.